The van der Waals surface area contributed by atoms with Crippen molar-refractivity contribution in [2.24, 2.45) is 5.73 Å². The van der Waals surface area contributed by atoms with Crippen molar-refractivity contribution in [3.05, 3.63) is 23.8 Å². The maximum Gasteiger partial charge on any atom is 0.300 e. The summed E-state index contributed by atoms with van der Waals surface area (Å²) in [7, 11) is 3.49. The van der Waals surface area contributed by atoms with Crippen molar-refractivity contribution >= 4 is 17.8 Å². The van der Waals surface area contributed by atoms with Gasteiger partial charge in [0, 0.05) is 32.5 Å². The summed E-state index contributed by atoms with van der Waals surface area (Å²) in [4.78, 5) is 32.7. The quantitative estimate of drug-likeness (QED) is 0.344. The van der Waals surface area contributed by atoms with E-state index in [2.05, 4.69) is 10.2 Å². The minimum atomic E-state index is -0.833. The number of carbonyl (C=O) groups is 3. The number of likely N-dealkylation sites (N-methyl/N-ethyl adjacent to an activating group) is 1. The molecule has 1 saturated heterocycles. The molecule has 32 heavy (non-hydrogen) atoms. The Labute approximate surface area is 188 Å². The molecule has 11 nitrogen and oxygen atoms in total. The molecule has 1 aromatic carbocycles. The summed E-state index contributed by atoms with van der Waals surface area (Å²) in [6, 6.07) is 5.34. The van der Waals surface area contributed by atoms with E-state index in [0.717, 1.165) is 20.3 Å². The Morgan fingerprint density at radius 2 is 1.81 bits per heavy atom. The first-order chi connectivity index (χ1) is 15.1. The smallest absolute Gasteiger partial charge is 0.300 e. The van der Waals surface area contributed by atoms with Crippen LogP contribution in [0.2, 0.25) is 0 Å². The second-order valence-electron chi connectivity index (χ2n) is 7.05. The number of nitrogens with zero attached hydrogens (tertiary/aromatic N) is 1. The number of amides is 1. The number of rotatable bonds is 8. The van der Waals surface area contributed by atoms with Crippen LogP contribution in [0.15, 0.2) is 18.2 Å². The number of aliphatic hydroxyl groups excluding tert-OH is 1. The Bertz CT molecular complexity index is 709. The highest BCUT2D eigenvalue weighted by Crippen LogP contribution is 2.31. The Balaban J connectivity index is 0.00000104. The topological polar surface area (TPSA) is 172 Å². The molecule has 0 unspecified atom stereocenters. The van der Waals surface area contributed by atoms with E-state index in [1.54, 1.807) is 25.3 Å². The van der Waals surface area contributed by atoms with Gasteiger partial charge in [0.05, 0.1) is 25.9 Å². The van der Waals surface area contributed by atoms with Crippen LogP contribution < -0.4 is 20.5 Å². The molecule has 0 saturated carbocycles. The number of hydrogen-bond acceptors (Lipinski definition) is 8. The monoisotopic (exact) mass is 457 g/mol. The zero-order chi connectivity index (χ0) is 24.7. The van der Waals surface area contributed by atoms with E-state index >= 15 is 0 Å². The second kappa shape index (κ2) is 15.8. The lowest BCUT2D eigenvalue weighted by Crippen LogP contribution is -2.36. The van der Waals surface area contributed by atoms with Gasteiger partial charge in [-0.2, -0.15) is 0 Å². The molecule has 0 spiro atoms. The third-order valence-electron chi connectivity index (χ3n) is 4.27. The Morgan fingerprint density at radius 1 is 1.22 bits per heavy atom. The molecule has 1 aliphatic heterocycles. The molecule has 1 amide bonds. The fraction of sp³-hybridized carbons (Fsp3) is 0.571. The largest absolute Gasteiger partial charge is 0.493 e. The summed E-state index contributed by atoms with van der Waals surface area (Å²) in [6.07, 6.45) is 1.43. The van der Waals surface area contributed by atoms with Crippen molar-refractivity contribution in [2.45, 2.75) is 38.8 Å². The number of aliphatic hydroxyl groups is 1. The Kier molecular flexibility index (Phi) is 14.4. The predicted molar refractivity (Wildman–Crippen MR) is 118 cm³/mol. The van der Waals surface area contributed by atoms with Gasteiger partial charge >= 0.3 is 0 Å². The van der Waals surface area contributed by atoms with Gasteiger partial charge in [-0.25, -0.2) is 0 Å². The van der Waals surface area contributed by atoms with Crippen LogP contribution in [0, 0.1) is 0 Å². The molecule has 1 heterocycles. The van der Waals surface area contributed by atoms with Crippen LogP contribution in [-0.2, 0) is 9.59 Å². The van der Waals surface area contributed by atoms with Gasteiger partial charge in [0.25, 0.3) is 17.8 Å². The molecule has 0 bridgehead atoms. The van der Waals surface area contributed by atoms with Gasteiger partial charge in [0.1, 0.15) is 0 Å². The number of likely N-dealkylation sites (tertiary alicyclic amines) is 1. The standard InChI is InChI=1S/C17H27N3O4.2C2H4O2/c1-20-10-12(9-13(20)11-21)19-17(22)14-5-3-6-15(23-2)16(14)24-8-4-7-18;2*1-2(3)4/h3,5-6,12-13,21H,4,7-11,18H2,1-2H3,(H,19,22);2*1H3,(H,3,4)/t12-,13+;;/m1../s1. The highest BCUT2D eigenvalue weighted by atomic mass is 16.5. The van der Waals surface area contributed by atoms with Crippen molar-refractivity contribution in [2.75, 3.05) is 40.5 Å². The lowest BCUT2D eigenvalue weighted by molar-refractivity contribution is -0.135. The number of ether oxygens (including phenoxy) is 2. The fourth-order valence-electron chi connectivity index (χ4n) is 2.92. The third kappa shape index (κ3) is 11.5. The molecule has 1 fully saturated rings. The number of methoxy groups -OCH3 is 1. The Hall–Kier alpha value is -2.89. The maximum absolute atomic E-state index is 12.7. The molecular weight excluding hydrogens is 422 g/mol. The van der Waals surface area contributed by atoms with E-state index in [4.69, 9.17) is 35.0 Å². The zero-order valence-corrected chi connectivity index (χ0v) is 19.0. The highest BCUT2D eigenvalue weighted by molar-refractivity contribution is 5.98. The summed E-state index contributed by atoms with van der Waals surface area (Å²) in [5.41, 5.74) is 5.94. The molecule has 0 aromatic heterocycles. The number of hydrogen-bond donors (Lipinski definition) is 5. The summed E-state index contributed by atoms with van der Waals surface area (Å²) < 4.78 is 11.0. The van der Waals surface area contributed by atoms with Gasteiger partial charge in [0.2, 0.25) is 0 Å². The lowest BCUT2D eigenvalue weighted by atomic mass is 10.1. The molecule has 1 aliphatic rings. The maximum atomic E-state index is 12.7. The average Bonchev–Trinajstić information content (AvgIpc) is 3.06. The van der Waals surface area contributed by atoms with Crippen LogP contribution in [0.25, 0.3) is 0 Å². The predicted octanol–water partition coefficient (Wildman–Crippen LogP) is 0.399. The number of carboxylic acids is 2. The van der Waals surface area contributed by atoms with Gasteiger partial charge in [0.15, 0.2) is 11.5 Å². The summed E-state index contributed by atoms with van der Waals surface area (Å²) in [5, 5.41) is 27.2. The molecule has 2 rings (SSSR count). The van der Waals surface area contributed by atoms with Crippen molar-refractivity contribution in [3.8, 4) is 11.5 Å². The van der Waals surface area contributed by atoms with E-state index in [1.807, 2.05) is 7.05 Å². The average molecular weight is 458 g/mol. The summed E-state index contributed by atoms with van der Waals surface area (Å²) in [5.74, 6) is -0.902. The first kappa shape index (κ1) is 29.1. The number of carbonyl (C=O) groups excluding carboxylic acids is 1. The Morgan fingerprint density at radius 3 is 2.28 bits per heavy atom. The minimum Gasteiger partial charge on any atom is -0.493 e. The molecule has 0 radical (unpaired) electrons. The molecule has 6 N–H and O–H groups in total. The van der Waals surface area contributed by atoms with Gasteiger partial charge < -0.3 is 35.8 Å². The van der Waals surface area contributed by atoms with Crippen LogP contribution in [0.3, 0.4) is 0 Å². The van der Waals surface area contributed by atoms with Gasteiger partial charge in [-0.15, -0.1) is 0 Å². The van der Waals surface area contributed by atoms with Crippen molar-refractivity contribution in [1.82, 2.24) is 10.2 Å². The van der Waals surface area contributed by atoms with E-state index < -0.39 is 11.9 Å². The van der Waals surface area contributed by atoms with Gasteiger partial charge in [-0.05, 0) is 38.6 Å². The van der Waals surface area contributed by atoms with Crippen LogP contribution in [0.4, 0.5) is 0 Å². The van der Waals surface area contributed by atoms with E-state index in [-0.39, 0.29) is 24.6 Å². The van der Waals surface area contributed by atoms with Gasteiger partial charge in [-0.3, -0.25) is 19.3 Å². The zero-order valence-electron chi connectivity index (χ0n) is 19.0. The molecule has 11 heteroatoms. The SMILES string of the molecule is CC(=O)O.CC(=O)O.COc1cccc(C(=O)N[C@@H]2C[C@@H](CO)N(C)C2)c1OCCCN. The van der Waals surface area contributed by atoms with Crippen molar-refractivity contribution < 1.29 is 39.2 Å². The highest BCUT2D eigenvalue weighted by Gasteiger charge is 2.30. The normalized spacial score (nSPS) is 17.2. The van der Waals surface area contributed by atoms with Crippen LogP contribution in [0.1, 0.15) is 37.0 Å². The van der Waals surface area contributed by atoms with Gasteiger partial charge in [-0.1, -0.05) is 6.07 Å². The summed E-state index contributed by atoms with van der Waals surface area (Å²) in [6.45, 7) is 3.92. The van der Waals surface area contributed by atoms with E-state index in [0.29, 0.717) is 43.2 Å². The van der Waals surface area contributed by atoms with Crippen molar-refractivity contribution in [1.29, 1.82) is 0 Å². The molecule has 182 valence electrons. The second-order valence-corrected chi connectivity index (χ2v) is 7.05. The number of carboxylic acid groups (broad SMARTS) is 2. The first-order valence-electron chi connectivity index (χ1n) is 10.1. The molecular formula is C21H35N3O8. The number of aliphatic carboxylic acids is 2. The number of benzene rings is 1. The van der Waals surface area contributed by atoms with E-state index in [1.165, 1.54) is 0 Å². The van der Waals surface area contributed by atoms with E-state index in [9.17, 15) is 9.90 Å². The number of para-hydroxylation sites is 1. The fourth-order valence-corrected chi connectivity index (χ4v) is 2.92. The number of nitrogens with one attached hydrogen (secondary N) is 1. The molecule has 2 atom stereocenters. The first-order valence-corrected chi connectivity index (χ1v) is 10.1. The van der Waals surface area contributed by atoms with Crippen molar-refractivity contribution in [3.63, 3.8) is 0 Å². The summed E-state index contributed by atoms with van der Waals surface area (Å²) >= 11 is 0. The third-order valence-corrected chi connectivity index (χ3v) is 4.27. The van der Waals surface area contributed by atoms with Crippen LogP contribution in [0.5, 0.6) is 11.5 Å². The van der Waals surface area contributed by atoms with Crippen LogP contribution in [-0.4, -0.2) is 90.6 Å². The molecule has 0 aliphatic carbocycles. The van der Waals surface area contributed by atoms with Crippen LogP contribution >= 0.6 is 0 Å². The minimum absolute atomic E-state index is 0.00254. The molecule has 1 aromatic rings. The lowest BCUT2D eigenvalue weighted by Gasteiger charge is -2.17. The number of nitrogens with two attached hydrogens (primary N) is 1.